The van der Waals surface area contributed by atoms with E-state index in [1.807, 2.05) is 0 Å². The molecule has 21 heavy (non-hydrogen) atoms. The summed E-state index contributed by atoms with van der Waals surface area (Å²) in [7, 11) is 0. The monoisotopic (exact) mass is 297 g/mol. The second-order valence-corrected chi connectivity index (χ2v) is 6.49. The van der Waals surface area contributed by atoms with Gasteiger partial charge in [-0.15, -0.1) is 0 Å². The van der Waals surface area contributed by atoms with E-state index in [9.17, 15) is 4.79 Å². The van der Waals surface area contributed by atoms with E-state index in [-0.39, 0.29) is 11.3 Å². The number of ether oxygens (including phenoxy) is 1. The lowest BCUT2D eigenvalue weighted by molar-refractivity contribution is -0.146. The van der Waals surface area contributed by atoms with Crippen LogP contribution in [0.5, 0.6) is 0 Å². The van der Waals surface area contributed by atoms with Crippen molar-refractivity contribution >= 4 is 5.91 Å². The third kappa shape index (κ3) is 3.76. The largest absolute Gasteiger partial charge is 0.381 e. The quantitative estimate of drug-likeness (QED) is 0.792. The number of likely N-dealkylation sites (tertiary alicyclic amines) is 1. The Labute approximate surface area is 128 Å². The number of amides is 1. The molecule has 2 aliphatic heterocycles. The fourth-order valence-corrected chi connectivity index (χ4v) is 3.62. The normalized spacial score (nSPS) is 25.5. The Bertz CT molecular complexity index is 338. The van der Waals surface area contributed by atoms with Crippen LogP contribution in [0.2, 0.25) is 0 Å². The average Bonchev–Trinajstić information content (AvgIpc) is 3.01. The zero-order chi connectivity index (χ0) is 15.3. The Hall–Kier alpha value is -0.650. The highest BCUT2D eigenvalue weighted by Gasteiger charge is 2.43. The molecule has 1 unspecified atom stereocenters. The van der Waals surface area contributed by atoms with Gasteiger partial charge in [0.2, 0.25) is 5.91 Å². The number of nitrogens with two attached hydrogens (primary N) is 1. The van der Waals surface area contributed by atoms with Gasteiger partial charge in [0, 0.05) is 39.4 Å². The van der Waals surface area contributed by atoms with E-state index in [2.05, 4.69) is 23.6 Å². The molecule has 0 aromatic carbocycles. The summed E-state index contributed by atoms with van der Waals surface area (Å²) in [5.41, 5.74) is 5.60. The van der Waals surface area contributed by atoms with Crippen LogP contribution < -0.4 is 5.73 Å². The molecule has 0 radical (unpaired) electrons. The van der Waals surface area contributed by atoms with E-state index in [0.29, 0.717) is 25.7 Å². The van der Waals surface area contributed by atoms with Crippen molar-refractivity contribution in [2.24, 2.45) is 17.1 Å². The smallest absolute Gasteiger partial charge is 0.230 e. The van der Waals surface area contributed by atoms with Gasteiger partial charge in [-0.25, -0.2) is 0 Å². The molecule has 0 bridgehead atoms. The highest BCUT2D eigenvalue weighted by Crippen LogP contribution is 2.33. The topological polar surface area (TPSA) is 58.8 Å². The van der Waals surface area contributed by atoms with Gasteiger partial charge in [-0.05, 0) is 38.3 Å². The molecule has 2 rings (SSSR count). The molecule has 2 N–H and O–H groups in total. The fourth-order valence-electron chi connectivity index (χ4n) is 3.62. The Morgan fingerprint density at radius 1 is 1.33 bits per heavy atom. The molecule has 2 heterocycles. The lowest BCUT2D eigenvalue weighted by Crippen LogP contribution is -2.50. The molecule has 2 saturated heterocycles. The highest BCUT2D eigenvalue weighted by atomic mass is 16.5. The molecule has 1 amide bonds. The zero-order valence-corrected chi connectivity index (χ0v) is 13.6. The SMILES string of the molecule is CCN(CC)CC1CCN(C(=O)C2(CN)CCOCC2)C1. The minimum Gasteiger partial charge on any atom is -0.381 e. The van der Waals surface area contributed by atoms with Crippen molar-refractivity contribution < 1.29 is 9.53 Å². The summed E-state index contributed by atoms with van der Waals surface area (Å²) in [5.74, 6) is 0.888. The van der Waals surface area contributed by atoms with Crippen LogP contribution >= 0.6 is 0 Å². The van der Waals surface area contributed by atoms with Gasteiger partial charge < -0.3 is 20.3 Å². The third-order valence-electron chi connectivity index (χ3n) is 5.28. The number of carbonyl (C=O) groups is 1. The van der Waals surface area contributed by atoms with Crippen LogP contribution in [0.1, 0.15) is 33.1 Å². The summed E-state index contributed by atoms with van der Waals surface area (Å²) < 4.78 is 5.41. The molecule has 0 aliphatic carbocycles. The van der Waals surface area contributed by atoms with Crippen LogP contribution in [0.4, 0.5) is 0 Å². The molecule has 0 spiro atoms. The first-order valence-corrected chi connectivity index (χ1v) is 8.44. The summed E-state index contributed by atoms with van der Waals surface area (Å²) in [4.78, 5) is 17.4. The second kappa shape index (κ2) is 7.56. The molecule has 2 fully saturated rings. The van der Waals surface area contributed by atoms with E-state index < -0.39 is 0 Å². The Morgan fingerprint density at radius 2 is 2.00 bits per heavy atom. The zero-order valence-electron chi connectivity index (χ0n) is 13.6. The van der Waals surface area contributed by atoms with Crippen LogP contribution in [0.25, 0.3) is 0 Å². The maximum atomic E-state index is 12.9. The summed E-state index contributed by atoms with van der Waals surface area (Å²) in [5, 5.41) is 0. The first-order valence-electron chi connectivity index (χ1n) is 8.44. The van der Waals surface area contributed by atoms with Crippen LogP contribution in [0, 0.1) is 11.3 Å². The van der Waals surface area contributed by atoms with E-state index in [0.717, 1.165) is 52.0 Å². The molecule has 0 aromatic rings. The van der Waals surface area contributed by atoms with Gasteiger partial charge >= 0.3 is 0 Å². The van der Waals surface area contributed by atoms with Gasteiger partial charge in [0.05, 0.1) is 5.41 Å². The predicted octanol–water partition coefficient (Wildman–Crippen LogP) is 0.932. The Balaban J connectivity index is 1.92. The molecule has 0 aromatic heterocycles. The molecule has 5 nitrogen and oxygen atoms in total. The molecular weight excluding hydrogens is 266 g/mol. The molecule has 2 aliphatic rings. The number of carbonyl (C=O) groups excluding carboxylic acids is 1. The summed E-state index contributed by atoms with van der Waals surface area (Å²) in [6.45, 7) is 11.3. The number of hydrogen-bond donors (Lipinski definition) is 1. The van der Waals surface area contributed by atoms with E-state index >= 15 is 0 Å². The van der Waals surface area contributed by atoms with Gasteiger partial charge in [-0.2, -0.15) is 0 Å². The predicted molar refractivity (Wildman–Crippen MR) is 84.0 cm³/mol. The standard InChI is InChI=1S/C16H31N3O2/c1-3-18(4-2)11-14-5-8-19(12-14)15(20)16(13-17)6-9-21-10-7-16/h14H,3-13,17H2,1-2H3. The highest BCUT2D eigenvalue weighted by molar-refractivity contribution is 5.83. The lowest BCUT2D eigenvalue weighted by Gasteiger charge is -2.37. The molecule has 1 atom stereocenters. The van der Waals surface area contributed by atoms with Crippen LogP contribution in [-0.2, 0) is 9.53 Å². The van der Waals surface area contributed by atoms with Gasteiger partial charge in [-0.3, -0.25) is 4.79 Å². The average molecular weight is 297 g/mol. The maximum absolute atomic E-state index is 12.9. The van der Waals surface area contributed by atoms with Crippen molar-refractivity contribution in [3.05, 3.63) is 0 Å². The van der Waals surface area contributed by atoms with Gasteiger partial charge in [0.25, 0.3) is 0 Å². The van der Waals surface area contributed by atoms with E-state index in [4.69, 9.17) is 10.5 Å². The van der Waals surface area contributed by atoms with Crippen LogP contribution in [-0.4, -0.2) is 68.2 Å². The summed E-state index contributed by atoms with van der Waals surface area (Å²) in [6.07, 6.45) is 2.68. The number of nitrogens with zero attached hydrogens (tertiary/aromatic N) is 2. The number of hydrogen-bond acceptors (Lipinski definition) is 4. The fraction of sp³-hybridized carbons (Fsp3) is 0.938. The molecule has 5 heteroatoms. The van der Waals surface area contributed by atoms with E-state index in [1.54, 1.807) is 0 Å². The van der Waals surface area contributed by atoms with Crippen molar-refractivity contribution in [2.75, 3.05) is 52.5 Å². The van der Waals surface area contributed by atoms with Crippen LogP contribution in [0.15, 0.2) is 0 Å². The third-order valence-corrected chi connectivity index (χ3v) is 5.28. The Morgan fingerprint density at radius 3 is 2.57 bits per heavy atom. The van der Waals surface area contributed by atoms with E-state index in [1.165, 1.54) is 0 Å². The first-order chi connectivity index (χ1) is 10.1. The van der Waals surface area contributed by atoms with Crippen molar-refractivity contribution in [2.45, 2.75) is 33.1 Å². The minimum absolute atomic E-state index is 0.273. The molecular formula is C16H31N3O2. The lowest BCUT2D eigenvalue weighted by atomic mass is 9.79. The minimum atomic E-state index is -0.359. The molecule has 122 valence electrons. The first kappa shape index (κ1) is 16.7. The summed E-state index contributed by atoms with van der Waals surface area (Å²) in [6, 6.07) is 0. The van der Waals surface area contributed by atoms with Crippen molar-refractivity contribution in [3.8, 4) is 0 Å². The second-order valence-electron chi connectivity index (χ2n) is 6.49. The number of rotatable bonds is 6. The van der Waals surface area contributed by atoms with Gasteiger partial charge in [0.15, 0.2) is 0 Å². The maximum Gasteiger partial charge on any atom is 0.230 e. The van der Waals surface area contributed by atoms with Gasteiger partial charge in [-0.1, -0.05) is 13.8 Å². The van der Waals surface area contributed by atoms with Crippen LogP contribution in [0.3, 0.4) is 0 Å². The summed E-state index contributed by atoms with van der Waals surface area (Å²) >= 11 is 0. The van der Waals surface area contributed by atoms with Gasteiger partial charge in [0.1, 0.15) is 0 Å². The Kier molecular flexibility index (Phi) is 6.02. The van der Waals surface area contributed by atoms with Crippen molar-refractivity contribution in [1.82, 2.24) is 9.80 Å². The van der Waals surface area contributed by atoms with Crippen molar-refractivity contribution in [3.63, 3.8) is 0 Å². The van der Waals surface area contributed by atoms with Crippen molar-refractivity contribution in [1.29, 1.82) is 0 Å². The molecule has 0 saturated carbocycles.